The predicted octanol–water partition coefficient (Wildman–Crippen LogP) is 3.92. The van der Waals surface area contributed by atoms with Crippen molar-refractivity contribution in [1.82, 2.24) is 0 Å². The number of hydrogen-bond acceptors (Lipinski definition) is 4. The SMILES string of the molecule is O=C(COc1ccccc1)Oc1ccc(NC(=O)c2ccccc2)cc1. The fraction of sp³-hybridized carbons (Fsp3) is 0.0476. The molecule has 3 rings (SSSR count). The van der Waals surface area contributed by atoms with Gasteiger partial charge in [0.15, 0.2) is 6.61 Å². The molecule has 3 aromatic carbocycles. The Morgan fingerprint density at radius 2 is 1.35 bits per heavy atom. The Balaban J connectivity index is 1.51. The molecular weight excluding hydrogens is 330 g/mol. The minimum Gasteiger partial charge on any atom is -0.482 e. The van der Waals surface area contributed by atoms with Gasteiger partial charge in [-0.2, -0.15) is 0 Å². The third-order valence-corrected chi connectivity index (χ3v) is 3.48. The lowest BCUT2D eigenvalue weighted by atomic mass is 10.2. The van der Waals surface area contributed by atoms with Crippen molar-refractivity contribution in [1.29, 1.82) is 0 Å². The second-order valence-corrected chi connectivity index (χ2v) is 5.42. The summed E-state index contributed by atoms with van der Waals surface area (Å²) in [6.45, 7) is -0.184. The minimum absolute atomic E-state index is 0.184. The van der Waals surface area contributed by atoms with E-state index >= 15 is 0 Å². The normalized spacial score (nSPS) is 10.0. The maximum absolute atomic E-state index is 12.1. The molecule has 0 aromatic heterocycles. The van der Waals surface area contributed by atoms with Crippen molar-refractivity contribution >= 4 is 17.6 Å². The van der Waals surface area contributed by atoms with Gasteiger partial charge in [-0.3, -0.25) is 4.79 Å². The first-order valence-corrected chi connectivity index (χ1v) is 8.06. The quantitative estimate of drug-likeness (QED) is 0.542. The molecule has 0 spiro atoms. The number of rotatable bonds is 6. The van der Waals surface area contributed by atoms with E-state index in [1.54, 1.807) is 60.7 Å². The number of benzene rings is 3. The molecule has 0 atom stereocenters. The highest BCUT2D eigenvalue weighted by atomic mass is 16.6. The van der Waals surface area contributed by atoms with Gasteiger partial charge in [-0.1, -0.05) is 36.4 Å². The van der Waals surface area contributed by atoms with Crippen molar-refractivity contribution in [3.63, 3.8) is 0 Å². The Hall–Kier alpha value is -3.60. The predicted molar refractivity (Wildman–Crippen MR) is 98.4 cm³/mol. The fourth-order valence-corrected chi connectivity index (χ4v) is 2.22. The number of hydrogen-bond donors (Lipinski definition) is 1. The van der Waals surface area contributed by atoms with Crippen molar-refractivity contribution in [3.05, 3.63) is 90.5 Å². The van der Waals surface area contributed by atoms with Crippen LogP contribution >= 0.6 is 0 Å². The van der Waals surface area contributed by atoms with Crippen molar-refractivity contribution < 1.29 is 19.1 Å². The number of nitrogens with one attached hydrogen (secondary N) is 1. The molecule has 0 bridgehead atoms. The van der Waals surface area contributed by atoms with Crippen LogP contribution in [0.5, 0.6) is 11.5 Å². The maximum atomic E-state index is 12.1. The second-order valence-electron chi connectivity index (χ2n) is 5.42. The highest BCUT2D eigenvalue weighted by Gasteiger charge is 2.08. The van der Waals surface area contributed by atoms with Gasteiger partial charge in [0, 0.05) is 11.3 Å². The molecule has 5 heteroatoms. The zero-order valence-corrected chi connectivity index (χ0v) is 13.9. The van der Waals surface area contributed by atoms with E-state index in [2.05, 4.69) is 5.32 Å². The van der Waals surface area contributed by atoms with E-state index in [1.165, 1.54) is 0 Å². The van der Waals surface area contributed by atoms with Crippen molar-refractivity contribution in [2.45, 2.75) is 0 Å². The van der Waals surface area contributed by atoms with Gasteiger partial charge in [-0.05, 0) is 48.5 Å². The molecule has 0 heterocycles. The van der Waals surface area contributed by atoms with Crippen LogP contribution in [0, 0.1) is 0 Å². The summed E-state index contributed by atoms with van der Waals surface area (Å²) in [4.78, 5) is 23.9. The molecule has 0 saturated carbocycles. The summed E-state index contributed by atoms with van der Waals surface area (Å²) in [7, 11) is 0. The van der Waals surface area contributed by atoms with E-state index in [1.807, 2.05) is 24.3 Å². The lowest BCUT2D eigenvalue weighted by Gasteiger charge is -2.08. The minimum atomic E-state index is -0.505. The Morgan fingerprint density at radius 1 is 0.731 bits per heavy atom. The second kappa shape index (κ2) is 8.48. The molecule has 0 aliphatic heterocycles. The Labute approximate surface area is 151 Å². The van der Waals surface area contributed by atoms with Gasteiger partial charge in [-0.25, -0.2) is 4.79 Å². The molecule has 0 saturated heterocycles. The summed E-state index contributed by atoms with van der Waals surface area (Å²) in [6, 6.07) is 24.5. The van der Waals surface area contributed by atoms with Gasteiger partial charge < -0.3 is 14.8 Å². The van der Waals surface area contributed by atoms with Crippen LogP contribution in [0.15, 0.2) is 84.9 Å². The van der Waals surface area contributed by atoms with Gasteiger partial charge in [0.2, 0.25) is 0 Å². The van der Waals surface area contributed by atoms with Crippen LogP contribution in [0.25, 0.3) is 0 Å². The van der Waals surface area contributed by atoms with Crippen LogP contribution in [0.4, 0.5) is 5.69 Å². The number of carbonyl (C=O) groups excluding carboxylic acids is 2. The maximum Gasteiger partial charge on any atom is 0.349 e. The van der Waals surface area contributed by atoms with Crippen LogP contribution in [0.1, 0.15) is 10.4 Å². The van der Waals surface area contributed by atoms with E-state index < -0.39 is 5.97 Å². The number of esters is 1. The first-order valence-electron chi connectivity index (χ1n) is 8.06. The Morgan fingerprint density at radius 3 is 2.00 bits per heavy atom. The molecule has 0 fully saturated rings. The van der Waals surface area contributed by atoms with E-state index in [4.69, 9.17) is 9.47 Å². The third-order valence-electron chi connectivity index (χ3n) is 3.48. The average molecular weight is 347 g/mol. The first-order chi connectivity index (χ1) is 12.7. The zero-order chi connectivity index (χ0) is 18.2. The largest absolute Gasteiger partial charge is 0.482 e. The molecule has 1 N–H and O–H groups in total. The van der Waals surface area contributed by atoms with Crippen LogP contribution in [-0.2, 0) is 4.79 Å². The number of anilines is 1. The van der Waals surface area contributed by atoms with Crippen molar-refractivity contribution in [2.24, 2.45) is 0 Å². The smallest absolute Gasteiger partial charge is 0.349 e. The number of carbonyl (C=O) groups is 2. The van der Waals surface area contributed by atoms with Crippen LogP contribution in [0.2, 0.25) is 0 Å². The van der Waals surface area contributed by atoms with E-state index in [0.717, 1.165) is 0 Å². The number of ether oxygens (including phenoxy) is 2. The monoisotopic (exact) mass is 347 g/mol. The molecule has 0 radical (unpaired) electrons. The summed E-state index contributed by atoms with van der Waals surface area (Å²) < 4.78 is 10.5. The van der Waals surface area contributed by atoms with Crippen LogP contribution < -0.4 is 14.8 Å². The van der Waals surface area contributed by atoms with E-state index in [9.17, 15) is 9.59 Å². The molecule has 26 heavy (non-hydrogen) atoms. The van der Waals surface area contributed by atoms with Gasteiger partial charge >= 0.3 is 5.97 Å². The molecular formula is C21H17NO4. The molecule has 5 nitrogen and oxygen atoms in total. The Kier molecular flexibility index (Phi) is 5.62. The first kappa shape index (κ1) is 17.2. The van der Waals surface area contributed by atoms with Crippen LogP contribution in [0.3, 0.4) is 0 Å². The number of para-hydroxylation sites is 1. The summed E-state index contributed by atoms with van der Waals surface area (Å²) in [6.07, 6.45) is 0. The standard InChI is InChI=1S/C21H17NO4/c23-20(15-25-18-9-5-2-6-10-18)26-19-13-11-17(12-14-19)22-21(24)16-7-3-1-4-8-16/h1-14H,15H2,(H,22,24). The fourth-order valence-electron chi connectivity index (χ4n) is 2.22. The third kappa shape index (κ3) is 4.95. The molecule has 0 aliphatic rings. The summed E-state index contributed by atoms with van der Waals surface area (Å²) >= 11 is 0. The van der Waals surface area contributed by atoms with Gasteiger partial charge in [0.25, 0.3) is 5.91 Å². The topological polar surface area (TPSA) is 64.6 Å². The molecule has 0 aliphatic carbocycles. The summed E-state index contributed by atoms with van der Waals surface area (Å²) in [5, 5.41) is 2.78. The van der Waals surface area contributed by atoms with Gasteiger partial charge in [0.1, 0.15) is 11.5 Å². The van der Waals surface area contributed by atoms with Crippen molar-refractivity contribution in [3.8, 4) is 11.5 Å². The molecule has 1 amide bonds. The zero-order valence-electron chi connectivity index (χ0n) is 13.9. The molecule has 130 valence electrons. The average Bonchev–Trinajstić information content (AvgIpc) is 2.69. The number of amides is 1. The van der Waals surface area contributed by atoms with Crippen molar-refractivity contribution in [2.75, 3.05) is 11.9 Å². The summed E-state index contributed by atoms with van der Waals surface area (Å²) in [5.41, 5.74) is 1.18. The highest BCUT2D eigenvalue weighted by Crippen LogP contribution is 2.17. The highest BCUT2D eigenvalue weighted by molar-refractivity contribution is 6.04. The Bertz CT molecular complexity index is 862. The summed E-state index contributed by atoms with van der Waals surface area (Å²) in [5.74, 6) is 0.273. The van der Waals surface area contributed by atoms with Gasteiger partial charge in [-0.15, -0.1) is 0 Å². The molecule has 3 aromatic rings. The van der Waals surface area contributed by atoms with Crippen LogP contribution in [-0.4, -0.2) is 18.5 Å². The molecule has 0 unspecified atom stereocenters. The lowest BCUT2D eigenvalue weighted by molar-refractivity contribution is -0.136. The van der Waals surface area contributed by atoms with Gasteiger partial charge in [0.05, 0.1) is 0 Å². The van der Waals surface area contributed by atoms with E-state index in [0.29, 0.717) is 22.7 Å². The lowest BCUT2D eigenvalue weighted by Crippen LogP contribution is -2.17. The van der Waals surface area contributed by atoms with E-state index in [-0.39, 0.29) is 12.5 Å².